The predicted octanol–water partition coefficient (Wildman–Crippen LogP) is -3.27. The minimum atomic E-state index is -1.87. The topological polar surface area (TPSA) is 440 Å². The number of aliphatic carboxylic acids is 2. The number of hydrogen-bond acceptors (Lipinski definition) is 15. The number of nitrogens with one attached hydrogen (secondary N) is 8. The van der Waals surface area contributed by atoms with E-state index < -0.39 is 151 Å². The molecule has 0 spiro atoms. The van der Waals surface area contributed by atoms with E-state index in [4.69, 9.17) is 17.2 Å². The minimum absolute atomic E-state index is 0.0411. The first-order valence-electron chi connectivity index (χ1n) is 23.1. The second-order valence-electron chi connectivity index (χ2n) is 17.8. The van der Waals surface area contributed by atoms with Gasteiger partial charge in [0.1, 0.15) is 54.1 Å². The molecule has 0 aliphatic carbocycles. The number of rotatable bonds is 34. The third-order valence-electron chi connectivity index (χ3n) is 10.5. The van der Waals surface area contributed by atoms with Crippen LogP contribution in [0.15, 0.2) is 24.3 Å². The van der Waals surface area contributed by atoms with Gasteiger partial charge in [0.15, 0.2) is 0 Å². The van der Waals surface area contributed by atoms with Gasteiger partial charge in [0.25, 0.3) is 0 Å². The van der Waals surface area contributed by atoms with Crippen LogP contribution in [0, 0.1) is 11.8 Å². The van der Waals surface area contributed by atoms with Gasteiger partial charge in [-0.1, -0.05) is 39.8 Å². The first-order chi connectivity index (χ1) is 33.7. The van der Waals surface area contributed by atoms with Crippen molar-refractivity contribution in [2.24, 2.45) is 29.0 Å². The first kappa shape index (κ1) is 63.0. The standard InChI is InChI=1S/C45H71N11O15S/c1-22(2)17-30(50-36(60)21-46)43(68)54-31(18-23(3)4)42(67)49-24(5)38(63)51-27(11-13-34(47)58)39(64)52-28(12-14-35(48)59)40(65)53-29(15-16-72-6)41(66)55-32(20-37(61)62)44(69)56-33(45(70)71)19-25-7-9-26(57)10-8-25/h7-10,22-24,27-33,57H,11-21,46H2,1-6H3,(H2,47,58)(H2,48,59)(H,49,67)(H,50,60)(H,51,63)(H,52,64)(H,53,65)(H,54,68)(H,55,66)(H,56,69)(H,61,62)(H,70,71)/t24-,27-,28-,29-,30-,31-,32-,33-/m0/s1. The summed E-state index contributed by atoms with van der Waals surface area (Å²) in [5.41, 5.74) is 16.5. The lowest BCUT2D eigenvalue weighted by Crippen LogP contribution is -2.60. The summed E-state index contributed by atoms with van der Waals surface area (Å²) in [4.78, 5) is 155. The van der Waals surface area contributed by atoms with Crippen molar-refractivity contribution in [1.82, 2.24) is 42.5 Å². The fourth-order valence-electron chi connectivity index (χ4n) is 6.76. The van der Waals surface area contributed by atoms with Crippen LogP contribution in [0.3, 0.4) is 0 Å². The summed E-state index contributed by atoms with van der Waals surface area (Å²) >= 11 is 1.23. The van der Waals surface area contributed by atoms with Gasteiger partial charge in [0.2, 0.25) is 59.1 Å². The van der Waals surface area contributed by atoms with Gasteiger partial charge >= 0.3 is 11.9 Å². The van der Waals surface area contributed by atoms with Crippen LogP contribution in [0.2, 0.25) is 0 Å². The number of phenolic OH excluding ortho intramolecular Hbond substituents is 1. The van der Waals surface area contributed by atoms with Gasteiger partial charge in [-0.15, -0.1) is 0 Å². The molecule has 0 fully saturated rings. The molecule has 10 amide bonds. The third kappa shape index (κ3) is 24.7. The molecule has 0 aromatic heterocycles. The third-order valence-corrected chi connectivity index (χ3v) is 11.2. The van der Waals surface area contributed by atoms with Crippen LogP contribution in [0.5, 0.6) is 5.75 Å². The summed E-state index contributed by atoms with van der Waals surface area (Å²) < 4.78 is 0. The van der Waals surface area contributed by atoms with Crippen molar-refractivity contribution < 1.29 is 72.9 Å². The summed E-state index contributed by atoms with van der Waals surface area (Å²) in [5.74, 6) is -12.4. The van der Waals surface area contributed by atoms with Crippen LogP contribution in [-0.2, 0) is 64.0 Å². The zero-order chi connectivity index (χ0) is 54.8. The molecule has 0 radical (unpaired) electrons. The van der Waals surface area contributed by atoms with Gasteiger partial charge in [-0.05, 0) is 80.6 Å². The lowest BCUT2D eigenvalue weighted by molar-refractivity contribution is -0.143. The molecule has 0 saturated carbocycles. The molecule has 0 aliphatic rings. The highest BCUT2D eigenvalue weighted by Crippen LogP contribution is 2.14. The van der Waals surface area contributed by atoms with Crippen LogP contribution >= 0.6 is 11.8 Å². The molecule has 27 heteroatoms. The lowest BCUT2D eigenvalue weighted by Gasteiger charge is -2.27. The number of amides is 10. The summed E-state index contributed by atoms with van der Waals surface area (Å²) in [7, 11) is 0. The monoisotopic (exact) mass is 1040 g/mol. The molecule has 0 aliphatic heterocycles. The fourth-order valence-corrected chi connectivity index (χ4v) is 7.24. The van der Waals surface area contributed by atoms with Crippen LogP contribution in [0.25, 0.3) is 0 Å². The number of aromatic hydroxyl groups is 1. The Kier molecular flexibility index (Phi) is 28.0. The van der Waals surface area contributed by atoms with E-state index >= 15 is 0 Å². The van der Waals surface area contributed by atoms with E-state index in [-0.39, 0.29) is 55.6 Å². The highest BCUT2D eigenvalue weighted by atomic mass is 32.2. The van der Waals surface area contributed by atoms with E-state index in [0.29, 0.717) is 5.56 Å². The van der Waals surface area contributed by atoms with Gasteiger partial charge in [-0.25, -0.2) is 4.79 Å². The van der Waals surface area contributed by atoms with E-state index in [0.717, 1.165) is 0 Å². The van der Waals surface area contributed by atoms with Gasteiger partial charge < -0.3 is 75.1 Å². The second-order valence-corrected chi connectivity index (χ2v) is 18.8. The van der Waals surface area contributed by atoms with E-state index in [1.54, 1.807) is 20.1 Å². The number of phenols is 1. The Balaban J connectivity index is 3.38. The van der Waals surface area contributed by atoms with E-state index in [1.165, 1.54) is 43.0 Å². The van der Waals surface area contributed by atoms with Gasteiger partial charge in [0.05, 0.1) is 13.0 Å². The van der Waals surface area contributed by atoms with Crippen molar-refractivity contribution in [2.75, 3.05) is 18.6 Å². The molecule has 0 bridgehead atoms. The van der Waals surface area contributed by atoms with Gasteiger partial charge in [-0.3, -0.25) is 52.7 Å². The number of primary amides is 2. The minimum Gasteiger partial charge on any atom is -0.508 e. The van der Waals surface area contributed by atoms with E-state index in [2.05, 4.69) is 42.5 Å². The molecule has 0 saturated heterocycles. The first-order valence-corrected chi connectivity index (χ1v) is 24.5. The molecular formula is C45H71N11O15S. The van der Waals surface area contributed by atoms with Crippen molar-refractivity contribution in [2.45, 2.75) is 141 Å². The summed E-state index contributed by atoms with van der Waals surface area (Å²) in [5, 5.41) is 48.3. The highest BCUT2D eigenvalue weighted by molar-refractivity contribution is 7.98. The van der Waals surface area contributed by atoms with E-state index in [1.807, 2.05) is 13.8 Å². The Bertz CT molecular complexity index is 2080. The van der Waals surface area contributed by atoms with Crippen LogP contribution in [-0.4, -0.2) is 153 Å². The SMILES string of the molecule is CSCC[C@H](NC(=O)[C@H](CCC(N)=O)NC(=O)[C@H](CCC(N)=O)NC(=O)[C@H](C)NC(=O)[C@H](CC(C)C)NC(=O)[C@H](CC(C)C)NC(=O)CN)C(=O)N[C@@H](CC(=O)O)C(=O)N[C@@H](Cc1ccc(O)cc1)C(=O)O. The smallest absolute Gasteiger partial charge is 0.326 e. The quantitative estimate of drug-likeness (QED) is 0.0322. The summed E-state index contributed by atoms with van der Waals surface area (Å²) in [6.07, 6.45) is -1.32. The molecule has 0 heterocycles. The maximum absolute atomic E-state index is 13.9. The van der Waals surface area contributed by atoms with Crippen molar-refractivity contribution in [3.05, 3.63) is 29.8 Å². The van der Waals surface area contributed by atoms with Crippen molar-refractivity contribution in [3.63, 3.8) is 0 Å². The second kappa shape index (κ2) is 32.0. The average molecular weight is 1040 g/mol. The Labute approximate surface area is 421 Å². The number of benzene rings is 1. The molecule has 1 aromatic carbocycles. The largest absolute Gasteiger partial charge is 0.508 e. The fraction of sp³-hybridized carbons (Fsp3) is 0.600. The summed E-state index contributed by atoms with van der Waals surface area (Å²) in [6.45, 7) is 8.10. The Morgan fingerprint density at radius 1 is 0.528 bits per heavy atom. The molecular weight excluding hydrogens is 967 g/mol. The molecule has 72 heavy (non-hydrogen) atoms. The van der Waals surface area contributed by atoms with Crippen molar-refractivity contribution in [3.8, 4) is 5.75 Å². The summed E-state index contributed by atoms with van der Waals surface area (Å²) in [6, 6.07) is -6.50. The molecule has 17 N–H and O–H groups in total. The maximum Gasteiger partial charge on any atom is 0.326 e. The predicted molar refractivity (Wildman–Crippen MR) is 261 cm³/mol. The van der Waals surface area contributed by atoms with Crippen molar-refractivity contribution in [1.29, 1.82) is 0 Å². The number of thioether (sulfide) groups is 1. The number of carbonyl (C=O) groups is 12. The number of carboxylic acid groups (broad SMARTS) is 2. The molecule has 1 rings (SSSR count). The van der Waals surface area contributed by atoms with Gasteiger partial charge in [0, 0.05) is 19.3 Å². The highest BCUT2D eigenvalue weighted by Gasteiger charge is 2.35. The lowest BCUT2D eigenvalue weighted by atomic mass is 10.00. The molecule has 26 nitrogen and oxygen atoms in total. The molecule has 402 valence electrons. The maximum atomic E-state index is 13.9. The number of nitrogens with two attached hydrogens (primary N) is 3. The zero-order valence-corrected chi connectivity index (χ0v) is 42.1. The number of hydrogen-bond donors (Lipinski definition) is 14. The van der Waals surface area contributed by atoms with E-state index in [9.17, 15) is 72.9 Å². The molecule has 8 atom stereocenters. The molecule has 0 unspecified atom stereocenters. The Hall–Kier alpha value is -7.03. The van der Waals surface area contributed by atoms with Crippen LogP contribution in [0.4, 0.5) is 0 Å². The normalized spacial score (nSPS) is 14.3. The van der Waals surface area contributed by atoms with Crippen LogP contribution < -0.4 is 59.7 Å². The Morgan fingerprint density at radius 3 is 1.35 bits per heavy atom. The van der Waals surface area contributed by atoms with Gasteiger partial charge in [-0.2, -0.15) is 11.8 Å². The van der Waals surface area contributed by atoms with Crippen molar-refractivity contribution >= 4 is 82.8 Å². The number of carboxylic acids is 2. The Morgan fingerprint density at radius 2 is 0.917 bits per heavy atom. The van der Waals surface area contributed by atoms with Crippen LogP contribution in [0.1, 0.15) is 91.5 Å². The molecule has 1 aromatic rings. The zero-order valence-electron chi connectivity index (χ0n) is 41.2. The number of carbonyl (C=O) groups excluding carboxylic acids is 10. The average Bonchev–Trinajstić information content (AvgIpc) is 3.28.